The number of hydrogen-bond acceptors (Lipinski definition) is 5. The molecule has 1 aliphatic rings. The molecule has 0 amide bonds. The number of aromatic nitrogens is 2. The number of rotatable bonds is 7. The molecule has 0 unspecified atom stereocenters. The maximum absolute atomic E-state index is 13.2. The molecule has 0 saturated carbocycles. The van der Waals surface area contributed by atoms with E-state index in [1.165, 1.54) is 10.9 Å². The van der Waals surface area contributed by atoms with Gasteiger partial charge in [0.1, 0.15) is 17.2 Å². The summed E-state index contributed by atoms with van der Waals surface area (Å²) in [7, 11) is 0.476. The minimum Gasteiger partial charge on any atom is -0.491 e. The summed E-state index contributed by atoms with van der Waals surface area (Å²) in [5, 5.41) is 1.17. The van der Waals surface area contributed by atoms with Crippen molar-refractivity contribution in [3.05, 3.63) is 48.2 Å². The van der Waals surface area contributed by atoms with E-state index < -0.39 is 10.0 Å². The van der Waals surface area contributed by atoms with Gasteiger partial charge in [-0.25, -0.2) is 13.4 Å². The largest absolute Gasteiger partial charge is 0.491 e. The third-order valence-electron chi connectivity index (χ3n) is 6.26. The Morgan fingerprint density at radius 1 is 1.09 bits per heavy atom. The zero-order chi connectivity index (χ0) is 23.8. The molecule has 0 radical (unpaired) electrons. The van der Waals surface area contributed by atoms with Crippen molar-refractivity contribution in [3.8, 4) is 5.75 Å². The van der Waals surface area contributed by atoms with Crippen molar-refractivity contribution in [2.75, 3.05) is 32.1 Å². The average molecular weight is 471 g/mol. The number of ether oxygens (including phenoxy) is 1. The second-order valence-electron chi connectivity index (χ2n) is 9.12. The molecule has 3 heterocycles. The standard InChI is InChI=1S/C25H34N4O3S/c1-6-28-17-23(22-11-12-24(27(4)5)26-25(22)28)19-13-15-29(16-14-19)33(30,31)21-9-7-20(8-10-21)32-18(2)3/h7-12,17-19H,6,13-16H2,1-5H3. The fraction of sp³-hybridized carbons (Fsp3) is 0.480. The van der Waals surface area contributed by atoms with Crippen molar-refractivity contribution in [2.24, 2.45) is 0 Å². The highest BCUT2D eigenvalue weighted by atomic mass is 32.2. The molecule has 7 nitrogen and oxygen atoms in total. The minimum atomic E-state index is -3.52. The molecule has 0 spiro atoms. The van der Waals surface area contributed by atoms with Gasteiger partial charge in [-0.1, -0.05) is 0 Å². The number of sulfonamides is 1. The number of piperidine rings is 1. The lowest BCUT2D eigenvalue weighted by atomic mass is 9.90. The summed E-state index contributed by atoms with van der Waals surface area (Å²) in [6.07, 6.45) is 3.85. The smallest absolute Gasteiger partial charge is 0.243 e. The molecule has 0 aliphatic carbocycles. The van der Waals surface area contributed by atoms with E-state index in [0.29, 0.717) is 29.7 Å². The molecule has 1 saturated heterocycles. The van der Waals surface area contributed by atoms with E-state index in [1.54, 1.807) is 28.6 Å². The van der Waals surface area contributed by atoms with E-state index in [-0.39, 0.29) is 6.10 Å². The molecule has 1 aliphatic heterocycles. The van der Waals surface area contributed by atoms with E-state index in [4.69, 9.17) is 9.72 Å². The molecule has 3 aromatic rings. The van der Waals surface area contributed by atoms with E-state index in [0.717, 1.165) is 30.9 Å². The first kappa shape index (κ1) is 23.6. The van der Waals surface area contributed by atoms with Gasteiger partial charge in [-0.2, -0.15) is 4.31 Å². The van der Waals surface area contributed by atoms with Crippen LogP contribution in [-0.4, -0.2) is 55.6 Å². The fourth-order valence-corrected chi connectivity index (χ4v) is 5.98. The predicted molar refractivity (Wildman–Crippen MR) is 133 cm³/mol. The summed E-state index contributed by atoms with van der Waals surface area (Å²) in [6.45, 7) is 7.90. The summed E-state index contributed by atoms with van der Waals surface area (Å²) >= 11 is 0. The van der Waals surface area contributed by atoms with Crippen LogP contribution in [0.15, 0.2) is 47.5 Å². The molecule has 178 valence electrons. The molecule has 0 atom stereocenters. The normalized spacial score (nSPS) is 15.9. The molecule has 33 heavy (non-hydrogen) atoms. The van der Waals surface area contributed by atoms with Crippen molar-refractivity contribution >= 4 is 26.9 Å². The number of fused-ring (bicyclic) bond motifs is 1. The van der Waals surface area contributed by atoms with Gasteiger partial charge in [0.25, 0.3) is 0 Å². The van der Waals surface area contributed by atoms with Gasteiger partial charge in [0.2, 0.25) is 10.0 Å². The van der Waals surface area contributed by atoms with Gasteiger partial charge in [-0.05, 0) is 81.5 Å². The average Bonchev–Trinajstić information content (AvgIpc) is 3.17. The Morgan fingerprint density at radius 2 is 1.76 bits per heavy atom. The second-order valence-corrected chi connectivity index (χ2v) is 11.1. The molecule has 2 aromatic heterocycles. The summed E-state index contributed by atoms with van der Waals surface area (Å²) in [6, 6.07) is 11.0. The van der Waals surface area contributed by atoms with Gasteiger partial charge < -0.3 is 14.2 Å². The first-order chi connectivity index (χ1) is 15.7. The summed E-state index contributed by atoms with van der Waals surface area (Å²) < 4.78 is 35.8. The van der Waals surface area contributed by atoms with Crippen LogP contribution in [0, 0.1) is 0 Å². The highest BCUT2D eigenvalue weighted by molar-refractivity contribution is 7.89. The van der Waals surface area contributed by atoms with E-state index in [9.17, 15) is 8.42 Å². The van der Waals surface area contributed by atoms with Crippen LogP contribution in [0.4, 0.5) is 5.82 Å². The molecular weight excluding hydrogens is 436 g/mol. The number of hydrogen-bond donors (Lipinski definition) is 0. The molecule has 0 bridgehead atoms. The summed E-state index contributed by atoms with van der Waals surface area (Å²) in [5.41, 5.74) is 2.27. The Bertz CT molecular complexity index is 1210. The molecule has 4 rings (SSSR count). The topological polar surface area (TPSA) is 67.7 Å². The SMILES string of the molecule is CCn1cc(C2CCN(S(=O)(=O)c3ccc(OC(C)C)cc3)CC2)c2ccc(N(C)C)nc21. The highest BCUT2D eigenvalue weighted by Crippen LogP contribution is 2.36. The van der Waals surface area contributed by atoms with Crippen LogP contribution in [0.3, 0.4) is 0 Å². The minimum absolute atomic E-state index is 0.0508. The van der Waals surface area contributed by atoms with E-state index in [1.807, 2.05) is 32.8 Å². The van der Waals surface area contributed by atoms with Crippen LogP contribution in [-0.2, 0) is 16.6 Å². The maximum atomic E-state index is 13.2. The Balaban J connectivity index is 1.51. The number of pyridine rings is 1. The van der Waals surface area contributed by atoms with Crippen LogP contribution < -0.4 is 9.64 Å². The lowest BCUT2D eigenvalue weighted by Crippen LogP contribution is -2.37. The van der Waals surface area contributed by atoms with Gasteiger partial charge >= 0.3 is 0 Å². The summed E-state index contributed by atoms with van der Waals surface area (Å²) in [4.78, 5) is 7.18. The molecule has 8 heteroatoms. The van der Waals surface area contributed by atoms with Crippen molar-refractivity contribution < 1.29 is 13.2 Å². The molecule has 0 N–H and O–H groups in total. The second kappa shape index (κ2) is 9.35. The third-order valence-corrected chi connectivity index (χ3v) is 8.18. The molecular formula is C25H34N4O3S. The van der Waals surface area contributed by atoms with Crippen LogP contribution in [0.25, 0.3) is 11.0 Å². The van der Waals surface area contributed by atoms with E-state index in [2.05, 4.69) is 29.8 Å². The quantitative estimate of drug-likeness (QED) is 0.509. The van der Waals surface area contributed by atoms with Crippen molar-refractivity contribution in [3.63, 3.8) is 0 Å². The summed E-state index contributed by atoms with van der Waals surface area (Å²) in [5.74, 6) is 1.94. The molecule has 1 aromatic carbocycles. The number of anilines is 1. The number of benzene rings is 1. The van der Waals surface area contributed by atoms with Gasteiger partial charge in [-0.15, -0.1) is 0 Å². The number of nitrogens with zero attached hydrogens (tertiary/aromatic N) is 4. The Labute approximate surface area is 197 Å². The van der Waals surface area contributed by atoms with Gasteiger partial charge in [-0.3, -0.25) is 0 Å². The van der Waals surface area contributed by atoms with E-state index >= 15 is 0 Å². The number of aryl methyl sites for hydroxylation is 1. The van der Waals surface area contributed by atoms with Crippen molar-refractivity contribution in [1.82, 2.24) is 13.9 Å². The Morgan fingerprint density at radius 3 is 2.33 bits per heavy atom. The van der Waals surface area contributed by atoms with Gasteiger partial charge in [0.15, 0.2) is 0 Å². The Hall–Kier alpha value is -2.58. The van der Waals surface area contributed by atoms with Crippen molar-refractivity contribution in [2.45, 2.75) is 57.1 Å². The lowest BCUT2D eigenvalue weighted by molar-refractivity contribution is 0.242. The van der Waals surface area contributed by atoms with Crippen LogP contribution in [0.2, 0.25) is 0 Å². The maximum Gasteiger partial charge on any atom is 0.243 e. The first-order valence-corrected chi connectivity index (χ1v) is 13.1. The zero-order valence-corrected chi connectivity index (χ0v) is 21.0. The van der Waals surface area contributed by atoms with Gasteiger partial charge in [0.05, 0.1) is 11.0 Å². The zero-order valence-electron chi connectivity index (χ0n) is 20.2. The van der Waals surface area contributed by atoms with Gasteiger partial charge in [0, 0.05) is 45.3 Å². The Kier molecular flexibility index (Phi) is 6.68. The fourth-order valence-electron chi connectivity index (χ4n) is 4.52. The van der Waals surface area contributed by atoms with Crippen LogP contribution in [0.5, 0.6) is 5.75 Å². The first-order valence-electron chi connectivity index (χ1n) is 11.6. The third kappa shape index (κ3) is 4.73. The monoisotopic (exact) mass is 470 g/mol. The van der Waals surface area contributed by atoms with Crippen molar-refractivity contribution in [1.29, 1.82) is 0 Å². The highest BCUT2D eigenvalue weighted by Gasteiger charge is 2.31. The predicted octanol–water partition coefficient (Wildman–Crippen LogP) is 4.48. The van der Waals surface area contributed by atoms with Crippen LogP contribution >= 0.6 is 0 Å². The molecule has 1 fully saturated rings. The lowest BCUT2D eigenvalue weighted by Gasteiger charge is -2.31. The van der Waals surface area contributed by atoms with Crippen LogP contribution in [0.1, 0.15) is 45.1 Å².